The Bertz CT molecular complexity index is 823. The monoisotopic (exact) mass is 426 g/mol. The highest BCUT2D eigenvalue weighted by atomic mass is 32.1. The highest BCUT2D eigenvalue weighted by molar-refractivity contribution is 7.19. The number of rotatable bonds is 7. The van der Waals surface area contributed by atoms with E-state index in [1.807, 2.05) is 17.4 Å². The van der Waals surface area contributed by atoms with Crippen LogP contribution < -0.4 is 4.74 Å². The van der Waals surface area contributed by atoms with Gasteiger partial charge < -0.3 is 4.74 Å². The predicted molar refractivity (Wildman–Crippen MR) is 127 cm³/mol. The van der Waals surface area contributed by atoms with Crippen molar-refractivity contribution in [3.63, 3.8) is 0 Å². The summed E-state index contributed by atoms with van der Waals surface area (Å²) in [6.45, 7) is 4.53. The number of esters is 1. The van der Waals surface area contributed by atoms with Crippen LogP contribution in [0.1, 0.15) is 89.4 Å². The molecule has 2 fully saturated rings. The molecule has 0 radical (unpaired) electrons. The first kappa shape index (κ1) is 21.9. The van der Waals surface area contributed by atoms with Crippen molar-refractivity contribution >= 4 is 27.4 Å². The molecule has 1 aromatic carbocycles. The van der Waals surface area contributed by atoms with Crippen LogP contribution in [0.3, 0.4) is 0 Å². The predicted octanol–water partition coefficient (Wildman–Crippen LogP) is 8.17. The van der Waals surface area contributed by atoms with Crippen molar-refractivity contribution in [3.05, 3.63) is 29.1 Å². The third-order valence-electron chi connectivity index (χ3n) is 7.62. The van der Waals surface area contributed by atoms with Crippen molar-refractivity contribution in [3.8, 4) is 5.75 Å². The number of hydrogen-bond donors (Lipinski definition) is 0. The minimum Gasteiger partial charge on any atom is -0.426 e. The number of aryl methyl sites for hydroxylation is 1. The van der Waals surface area contributed by atoms with Crippen LogP contribution in [0.25, 0.3) is 10.1 Å². The van der Waals surface area contributed by atoms with Crippen LogP contribution in [0.15, 0.2) is 24.3 Å². The molecule has 0 atom stereocenters. The van der Waals surface area contributed by atoms with Gasteiger partial charge >= 0.3 is 5.97 Å². The van der Waals surface area contributed by atoms with Gasteiger partial charge in [0.2, 0.25) is 0 Å². The van der Waals surface area contributed by atoms with Crippen LogP contribution in [0.4, 0.5) is 0 Å². The first-order chi connectivity index (χ1) is 14.7. The van der Waals surface area contributed by atoms with E-state index in [1.54, 1.807) is 0 Å². The van der Waals surface area contributed by atoms with E-state index >= 15 is 0 Å². The van der Waals surface area contributed by atoms with Crippen LogP contribution in [0.5, 0.6) is 5.75 Å². The standard InChI is InChI=1S/C27H38O2S/c1-3-5-19-7-9-20(10-8-19)21-11-13-22(14-12-21)27(28)29-24-16-15-23-17-25(6-4-2)30-26(23)18-24/h15-22H,3-14H2,1-2H3. The average Bonchev–Trinajstić information content (AvgIpc) is 3.17. The fourth-order valence-corrected chi connectivity index (χ4v) is 7.08. The van der Waals surface area contributed by atoms with Gasteiger partial charge in [0, 0.05) is 9.58 Å². The van der Waals surface area contributed by atoms with Gasteiger partial charge in [0.05, 0.1) is 5.92 Å². The van der Waals surface area contributed by atoms with Crippen molar-refractivity contribution in [2.24, 2.45) is 23.7 Å². The fraction of sp³-hybridized carbons (Fsp3) is 0.667. The molecule has 0 bridgehead atoms. The second-order valence-electron chi connectivity index (χ2n) is 9.76. The third-order valence-corrected chi connectivity index (χ3v) is 8.78. The lowest BCUT2D eigenvalue weighted by molar-refractivity contribution is -0.140. The summed E-state index contributed by atoms with van der Waals surface area (Å²) in [4.78, 5) is 14.2. The van der Waals surface area contributed by atoms with Crippen LogP contribution in [-0.4, -0.2) is 5.97 Å². The summed E-state index contributed by atoms with van der Waals surface area (Å²) in [6, 6.07) is 8.38. The van der Waals surface area contributed by atoms with Gasteiger partial charge in [-0.2, -0.15) is 0 Å². The Morgan fingerprint density at radius 2 is 1.63 bits per heavy atom. The van der Waals surface area contributed by atoms with E-state index in [2.05, 4.69) is 32.0 Å². The molecule has 164 valence electrons. The van der Waals surface area contributed by atoms with Gasteiger partial charge in [0.1, 0.15) is 5.75 Å². The second-order valence-corrected chi connectivity index (χ2v) is 10.9. The smallest absolute Gasteiger partial charge is 0.314 e. The van der Waals surface area contributed by atoms with E-state index in [0.717, 1.165) is 43.4 Å². The zero-order valence-electron chi connectivity index (χ0n) is 18.8. The van der Waals surface area contributed by atoms with Crippen molar-refractivity contribution in [1.82, 2.24) is 0 Å². The number of ether oxygens (including phenoxy) is 1. The molecular formula is C27H38O2S. The summed E-state index contributed by atoms with van der Waals surface area (Å²) in [5.41, 5.74) is 0. The Labute approximate surface area is 186 Å². The lowest BCUT2D eigenvalue weighted by atomic mass is 9.69. The van der Waals surface area contributed by atoms with Crippen LogP contribution in [-0.2, 0) is 11.2 Å². The van der Waals surface area contributed by atoms with Crippen LogP contribution in [0.2, 0.25) is 0 Å². The SMILES string of the molecule is CCCc1cc2ccc(OC(=O)C3CCC(C4CCC(CCC)CC4)CC3)cc2s1. The number of carbonyl (C=O) groups excluding carboxylic acids is 1. The van der Waals surface area contributed by atoms with Crippen molar-refractivity contribution < 1.29 is 9.53 Å². The maximum atomic E-state index is 12.8. The molecule has 3 heteroatoms. The van der Waals surface area contributed by atoms with Crippen molar-refractivity contribution in [2.45, 2.75) is 90.9 Å². The summed E-state index contributed by atoms with van der Waals surface area (Å²) >= 11 is 1.83. The first-order valence-corrected chi connectivity index (χ1v) is 13.2. The van der Waals surface area contributed by atoms with Crippen molar-refractivity contribution in [1.29, 1.82) is 0 Å². The Balaban J connectivity index is 1.27. The first-order valence-electron chi connectivity index (χ1n) is 12.4. The lowest BCUT2D eigenvalue weighted by Crippen LogP contribution is -2.30. The molecule has 0 saturated heterocycles. The van der Waals surface area contributed by atoms with Gasteiger partial charge in [0.15, 0.2) is 0 Å². The van der Waals surface area contributed by atoms with Gasteiger partial charge in [-0.05, 0) is 92.4 Å². The maximum absolute atomic E-state index is 12.8. The van der Waals surface area contributed by atoms with E-state index in [0.29, 0.717) is 5.75 Å². The summed E-state index contributed by atoms with van der Waals surface area (Å²) in [5.74, 6) is 3.53. The van der Waals surface area contributed by atoms with Gasteiger partial charge in [0.25, 0.3) is 0 Å². The Kier molecular flexibility index (Phi) is 7.51. The minimum absolute atomic E-state index is 0.00945. The minimum atomic E-state index is -0.00945. The average molecular weight is 427 g/mol. The molecule has 2 saturated carbocycles. The van der Waals surface area contributed by atoms with E-state index in [1.165, 1.54) is 66.3 Å². The van der Waals surface area contributed by atoms with Crippen molar-refractivity contribution in [2.75, 3.05) is 0 Å². The molecule has 0 aliphatic heterocycles. The molecule has 1 aromatic heterocycles. The van der Waals surface area contributed by atoms with Crippen LogP contribution in [0, 0.1) is 23.7 Å². The molecular weight excluding hydrogens is 388 g/mol. The molecule has 0 N–H and O–H groups in total. The largest absolute Gasteiger partial charge is 0.426 e. The third kappa shape index (κ3) is 5.28. The summed E-state index contributed by atoms with van der Waals surface area (Å²) < 4.78 is 7.05. The Morgan fingerprint density at radius 3 is 2.30 bits per heavy atom. The van der Waals surface area contributed by atoms with Crippen LogP contribution >= 0.6 is 11.3 Å². The van der Waals surface area contributed by atoms with Gasteiger partial charge in [-0.3, -0.25) is 4.79 Å². The molecule has 0 unspecified atom stereocenters. The number of benzene rings is 1. The van der Waals surface area contributed by atoms with Gasteiger partial charge in [-0.1, -0.05) is 46.0 Å². The zero-order chi connectivity index (χ0) is 20.9. The lowest BCUT2D eigenvalue weighted by Gasteiger charge is -2.37. The summed E-state index contributed by atoms with van der Waals surface area (Å²) in [5, 5.41) is 1.26. The highest BCUT2D eigenvalue weighted by Crippen LogP contribution is 2.42. The number of hydrogen-bond acceptors (Lipinski definition) is 3. The van der Waals surface area contributed by atoms with E-state index in [9.17, 15) is 4.79 Å². The molecule has 4 rings (SSSR count). The molecule has 0 amide bonds. The quantitative estimate of drug-likeness (QED) is 0.329. The summed E-state index contributed by atoms with van der Waals surface area (Å²) in [7, 11) is 0. The number of fused-ring (bicyclic) bond motifs is 1. The fourth-order valence-electron chi connectivity index (χ4n) is 5.88. The van der Waals surface area contributed by atoms with E-state index in [-0.39, 0.29) is 11.9 Å². The Hall–Kier alpha value is -1.35. The zero-order valence-corrected chi connectivity index (χ0v) is 19.6. The molecule has 30 heavy (non-hydrogen) atoms. The number of carbonyl (C=O) groups is 1. The highest BCUT2D eigenvalue weighted by Gasteiger charge is 2.33. The molecule has 2 nitrogen and oxygen atoms in total. The molecule has 2 aliphatic carbocycles. The molecule has 1 heterocycles. The maximum Gasteiger partial charge on any atom is 0.314 e. The topological polar surface area (TPSA) is 26.3 Å². The second kappa shape index (κ2) is 10.3. The van der Waals surface area contributed by atoms with Gasteiger partial charge in [-0.15, -0.1) is 11.3 Å². The molecule has 2 aromatic rings. The molecule has 2 aliphatic rings. The number of thiophene rings is 1. The Morgan fingerprint density at radius 1 is 0.933 bits per heavy atom. The normalized spacial score (nSPS) is 27.3. The van der Waals surface area contributed by atoms with Gasteiger partial charge in [-0.25, -0.2) is 0 Å². The van der Waals surface area contributed by atoms with E-state index < -0.39 is 0 Å². The van der Waals surface area contributed by atoms with E-state index in [4.69, 9.17) is 4.74 Å². The summed E-state index contributed by atoms with van der Waals surface area (Å²) in [6.07, 6.45) is 15.2. The molecule has 0 spiro atoms.